The lowest BCUT2D eigenvalue weighted by Gasteiger charge is -2.03. The summed E-state index contributed by atoms with van der Waals surface area (Å²) in [4.78, 5) is 0. The standard InChI is InChI=1S/C9H8BrNS/c1-5-8(10)7(11)4-6-2-3-12-9(5)6/h2-4H,11H2,1H3. The Labute approximate surface area is 83.3 Å². The summed E-state index contributed by atoms with van der Waals surface area (Å²) in [5.74, 6) is 0. The molecule has 12 heavy (non-hydrogen) atoms. The van der Waals surface area contributed by atoms with E-state index in [9.17, 15) is 0 Å². The van der Waals surface area contributed by atoms with Crippen molar-refractivity contribution in [3.05, 3.63) is 27.5 Å². The first-order chi connectivity index (χ1) is 5.70. The van der Waals surface area contributed by atoms with Gasteiger partial charge in [0.2, 0.25) is 0 Å². The van der Waals surface area contributed by atoms with Crippen molar-refractivity contribution in [2.24, 2.45) is 0 Å². The van der Waals surface area contributed by atoms with E-state index in [2.05, 4.69) is 34.3 Å². The summed E-state index contributed by atoms with van der Waals surface area (Å²) < 4.78 is 2.34. The number of hydrogen-bond donors (Lipinski definition) is 1. The van der Waals surface area contributed by atoms with Crippen LogP contribution in [0.5, 0.6) is 0 Å². The minimum Gasteiger partial charge on any atom is -0.398 e. The SMILES string of the molecule is Cc1c(Br)c(N)cc2ccsc12. The van der Waals surface area contributed by atoms with Crippen LogP contribution in [-0.4, -0.2) is 0 Å². The van der Waals surface area contributed by atoms with Crippen molar-refractivity contribution < 1.29 is 0 Å². The van der Waals surface area contributed by atoms with Gasteiger partial charge in [0.25, 0.3) is 0 Å². The van der Waals surface area contributed by atoms with E-state index in [1.165, 1.54) is 15.6 Å². The van der Waals surface area contributed by atoms with Gasteiger partial charge in [0.15, 0.2) is 0 Å². The second-order valence-corrected chi connectivity index (χ2v) is 4.45. The van der Waals surface area contributed by atoms with Crippen molar-refractivity contribution in [2.45, 2.75) is 6.92 Å². The van der Waals surface area contributed by atoms with Crippen molar-refractivity contribution in [2.75, 3.05) is 5.73 Å². The molecule has 3 heteroatoms. The van der Waals surface area contributed by atoms with Crippen LogP contribution in [0.1, 0.15) is 5.56 Å². The maximum Gasteiger partial charge on any atom is 0.0468 e. The molecule has 62 valence electrons. The molecule has 0 bridgehead atoms. The van der Waals surface area contributed by atoms with Gasteiger partial charge in [-0.2, -0.15) is 0 Å². The van der Waals surface area contributed by atoms with Crippen LogP contribution in [-0.2, 0) is 0 Å². The lowest BCUT2D eigenvalue weighted by Crippen LogP contribution is -1.88. The van der Waals surface area contributed by atoms with E-state index in [0.717, 1.165) is 10.2 Å². The summed E-state index contributed by atoms with van der Waals surface area (Å²) in [6.45, 7) is 2.08. The Hall–Kier alpha value is -0.540. The van der Waals surface area contributed by atoms with Crippen molar-refractivity contribution in [3.8, 4) is 0 Å². The highest BCUT2D eigenvalue weighted by atomic mass is 79.9. The summed E-state index contributed by atoms with van der Waals surface area (Å²) >= 11 is 5.22. The smallest absolute Gasteiger partial charge is 0.0468 e. The van der Waals surface area contributed by atoms with E-state index >= 15 is 0 Å². The van der Waals surface area contributed by atoms with Gasteiger partial charge >= 0.3 is 0 Å². The predicted octanol–water partition coefficient (Wildman–Crippen LogP) is 3.55. The molecule has 2 N–H and O–H groups in total. The molecule has 0 spiro atoms. The maximum absolute atomic E-state index is 5.80. The lowest BCUT2D eigenvalue weighted by atomic mass is 10.1. The van der Waals surface area contributed by atoms with Gasteiger partial charge < -0.3 is 5.73 Å². The van der Waals surface area contributed by atoms with Crippen LogP contribution in [0.15, 0.2) is 22.0 Å². The second-order valence-electron chi connectivity index (χ2n) is 2.74. The fraction of sp³-hybridized carbons (Fsp3) is 0.111. The predicted molar refractivity (Wildman–Crippen MR) is 58.7 cm³/mol. The second kappa shape index (κ2) is 2.75. The Balaban J connectivity index is 2.94. The molecule has 1 nitrogen and oxygen atoms in total. The monoisotopic (exact) mass is 241 g/mol. The number of rotatable bonds is 0. The van der Waals surface area contributed by atoms with Crippen molar-refractivity contribution >= 4 is 43.0 Å². The maximum atomic E-state index is 5.80. The molecule has 0 aliphatic rings. The van der Waals surface area contributed by atoms with Gasteiger partial charge in [-0.1, -0.05) is 0 Å². The number of anilines is 1. The average Bonchev–Trinajstić information content (AvgIpc) is 2.48. The third-order valence-electron chi connectivity index (χ3n) is 1.93. The molecule has 0 aliphatic heterocycles. The third-order valence-corrected chi connectivity index (χ3v) is 4.03. The molecule has 1 aromatic heterocycles. The summed E-state index contributed by atoms with van der Waals surface area (Å²) in [6, 6.07) is 4.10. The molecule has 2 aromatic rings. The zero-order valence-corrected chi connectivity index (χ0v) is 9.00. The van der Waals surface area contributed by atoms with Gasteiger partial charge in [0, 0.05) is 14.9 Å². The highest BCUT2D eigenvalue weighted by molar-refractivity contribution is 9.10. The third kappa shape index (κ3) is 1.04. The van der Waals surface area contributed by atoms with Gasteiger partial charge in [-0.15, -0.1) is 11.3 Å². The van der Waals surface area contributed by atoms with E-state index in [1.807, 2.05) is 6.07 Å². The zero-order valence-electron chi connectivity index (χ0n) is 6.60. The Morgan fingerprint density at radius 3 is 3.00 bits per heavy atom. The molecule has 0 saturated carbocycles. The minimum atomic E-state index is 0.818. The lowest BCUT2D eigenvalue weighted by molar-refractivity contribution is 1.51. The molecule has 0 aliphatic carbocycles. The molecule has 0 amide bonds. The molecule has 1 heterocycles. The molecule has 0 unspecified atom stereocenters. The fourth-order valence-corrected chi connectivity index (χ4v) is 2.62. The highest BCUT2D eigenvalue weighted by Gasteiger charge is 2.05. The van der Waals surface area contributed by atoms with Crippen LogP contribution >= 0.6 is 27.3 Å². The van der Waals surface area contributed by atoms with E-state index in [1.54, 1.807) is 11.3 Å². The molecule has 0 atom stereocenters. The van der Waals surface area contributed by atoms with Gasteiger partial charge in [0.05, 0.1) is 0 Å². The molecule has 1 aromatic carbocycles. The van der Waals surface area contributed by atoms with Gasteiger partial charge in [0.1, 0.15) is 0 Å². The Morgan fingerprint density at radius 1 is 1.50 bits per heavy atom. The topological polar surface area (TPSA) is 26.0 Å². The minimum absolute atomic E-state index is 0.818. The number of benzene rings is 1. The van der Waals surface area contributed by atoms with E-state index in [4.69, 9.17) is 5.73 Å². The van der Waals surface area contributed by atoms with Crippen molar-refractivity contribution in [1.82, 2.24) is 0 Å². The number of thiophene rings is 1. The Morgan fingerprint density at radius 2 is 2.25 bits per heavy atom. The summed E-state index contributed by atoms with van der Waals surface area (Å²) in [5.41, 5.74) is 7.86. The van der Waals surface area contributed by atoms with Crippen LogP contribution in [0.25, 0.3) is 10.1 Å². The average molecular weight is 242 g/mol. The summed E-state index contributed by atoms with van der Waals surface area (Å²) in [6.07, 6.45) is 0. The number of nitrogens with two attached hydrogens (primary N) is 1. The Bertz CT molecular complexity index is 433. The fourth-order valence-electron chi connectivity index (χ4n) is 1.28. The van der Waals surface area contributed by atoms with Crippen molar-refractivity contribution in [1.29, 1.82) is 0 Å². The molecular formula is C9H8BrNS. The van der Waals surface area contributed by atoms with Crippen LogP contribution in [0, 0.1) is 6.92 Å². The van der Waals surface area contributed by atoms with E-state index < -0.39 is 0 Å². The van der Waals surface area contributed by atoms with Crippen LogP contribution in [0.2, 0.25) is 0 Å². The zero-order chi connectivity index (χ0) is 8.72. The summed E-state index contributed by atoms with van der Waals surface area (Å²) in [7, 11) is 0. The van der Waals surface area contributed by atoms with Crippen LogP contribution in [0.4, 0.5) is 5.69 Å². The molecule has 0 saturated heterocycles. The largest absolute Gasteiger partial charge is 0.398 e. The number of fused-ring (bicyclic) bond motifs is 1. The van der Waals surface area contributed by atoms with Gasteiger partial charge in [-0.3, -0.25) is 0 Å². The van der Waals surface area contributed by atoms with Crippen LogP contribution in [0.3, 0.4) is 0 Å². The Kier molecular flexibility index (Phi) is 1.85. The molecule has 0 fully saturated rings. The number of aryl methyl sites for hydroxylation is 1. The summed E-state index contributed by atoms with van der Waals surface area (Å²) in [5, 5.41) is 3.32. The first-order valence-corrected chi connectivity index (χ1v) is 5.29. The molecular weight excluding hydrogens is 234 g/mol. The molecule has 2 rings (SSSR count). The van der Waals surface area contributed by atoms with Crippen molar-refractivity contribution in [3.63, 3.8) is 0 Å². The van der Waals surface area contributed by atoms with E-state index in [0.29, 0.717) is 0 Å². The number of nitrogen functional groups attached to an aromatic ring is 1. The van der Waals surface area contributed by atoms with Crippen LogP contribution < -0.4 is 5.73 Å². The number of halogens is 1. The van der Waals surface area contributed by atoms with E-state index in [-0.39, 0.29) is 0 Å². The molecule has 0 radical (unpaired) electrons. The number of hydrogen-bond acceptors (Lipinski definition) is 2. The van der Waals surface area contributed by atoms with Gasteiger partial charge in [-0.05, 0) is 51.3 Å². The normalized spacial score (nSPS) is 10.8. The first-order valence-electron chi connectivity index (χ1n) is 3.62. The van der Waals surface area contributed by atoms with Gasteiger partial charge in [-0.25, -0.2) is 0 Å². The first kappa shape index (κ1) is 8.08. The highest BCUT2D eigenvalue weighted by Crippen LogP contribution is 2.34. The quantitative estimate of drug-likeness (QED) is 0.702.